The summed E-state index contributed by atoms with van der Waals surface area (Å²) in [6, 6.07) is 8.33. The molecule has 1 aromatic heterocycles. The zero-order valence-electron chi connectivity index (χ0n) is 8.64. The molecule has 0 spiro atoms. The van der Waals surface area contributed by atoms with E-state index in [0.717, 1.165) is 0 Å². The molecule has 0 saturated carbocycles. The zero-order valence-corrected chi connectivity index (χ0v) is 9.40. The van der Waals surface area contributed by atoms with Crippen LogP contribution in [-0.2, 0) is 0 Å². The van der Waals surface area contributed by atoms with Gasteiger partial charge in [-0.25, -0.2) is 9.97 Å². The molecule has 0 N–H and O–H groups in total. The number of halogens is 1. The second-order valence-electron chi connectivity index (χ2n) is 3.33. The van der Waals surface area contributed by atoms with E-state index < -0.39 is 0 Å². The standard InChI is InChI=1S/C12H9ClN2O/c1-8-14-7-6-11(15-8)12(16)9-2-4-10(13)5-3-9/h2-7H,1H3. The van der Waals surface area contributed by atoms with E-state index in [0.29, 0.717) is 22.1 Å². The number of hydrogen-bond donors (Lipinski definition) is 0. The number of ketones is 1. The quantitative estimate of drug-likeness (QED) is 0.748. The summed E-state index contributed by atoms with van der Waals surface area (Å²) in [5, 5.41) is 0.607. The molecule has 2 rings (SSSR count). The van der Waals surface area contributed by atoms with E-state index in [2.05, 4.69) is 9.97 Å². The zero-order chi connectivity index (χ0) is 11.5. The van der Waals surface area contributed by atoms with E-state index in [1.807, 2.05) is 0 Å². The lowest BCUT2D eigenvalue weighted by Crippen LogP contribution is -2.05. The van der Waals surface area contributed by atoms with Crippen molar-refractivity contribution in [3.8, 4) is 0 Å². The Morgan fingerprint density at radius 3 is 2.50 bits per heavy atom. The molecule has 0 unspecified atom stereocenters. The summed E-state index contributed by atoms with van der Waals surface area (Å²) in [5.74, 6) is 0.460. The van der Waals surface area contributed by atoms with Crippen LogP contribution in [0.2, 0.25) is 5.02 Å². The highest BCUT2D eigenvalue weighted by molar-refractivity contribution is 6.30. The van der Waals surface area contributed by atoms with Crippen molar-refractivity contribution in [1.29, 1.82) is 0 Å². The monoisotopic (exact) mass is 232 g/mol. The summed E-state index contributed by atoms with van der Waals surface area (Å²) in [5.41, 5.74) is 0.970. The molecule has 0 saturated heterocycles. The van der Waals surface area contributed by atoms with Crippen LogP contribution in [0.5, 0.6) is 0 Å². The van der Waals surface area contributed by atoms with E-state index in [-0.39, 0.29) is 5.78 Å². The molecule has 0 radical (unpaired) electrons. The lowest BCUT2D eigenvalue weighted by atomic mass is 10.1. The molecule has 3 nitrogen and oxygen atoms in total. The number of hydrogen-bond acceptors (Lipinski definition) is 3. The van der Waals surface area contributed by atoms with E-state index in [1.54, 1.807) is 43.5 Å². The topological polar surface area (TPSA) is 42.9 Å². The van der Waals surface area contributed by atoms with Gasteiger partial charge in [-0.2, -0.15) is 0 Å². The van der Waals surface area contributed by atoms with Gasteiger partial charge in [-0.3, -0.25) is 4.79 Å². The number of carbonyl (C=O) groups is 1. The Hall–Kier alpha value is -1.74. The largest absolute Gasteiger partial charge is 0.287 e. The maximum atomic E-state index is 12.0. The molecule has 0 bridgehead atoms. The van der Waals surface area contributed by atoms with Crippen LogP contribution >= 0.6 is 11.6 Å². The number of carbonyl (C=O) groups excluding carboxylic acids is 1. The lowest BCUT2D eigenvalue weighted by Gasteiger charge is -2.00. The van der Waals surface area contributed by atoms with Gasteiger partial charge < -0.3 is 0 Å². The van der Waals surface area contributed by atoms with Crippen LogP contribution in [0.4, 0.5) is 0 Å². The Labute approximate surface area is 98.1 Å². The molecule has 16 heavy (non-hydrogen) atoms. The summed E-state index contributed by atoms with van der Waals surface area (Å²) < 4.78 is 0. The summed E-state index contributed by atoms with van der Waals surface area (Å²) in [6.45, 7) is 1.75. The predicted molar refractivity (Wildman–Crippen MR) is 61.7 cm³/mol. The first kappa shape index (κ1) is 10.8. The van der Waals surface area contributed by atoms with Gasteiger partial charge in [0.15, 0.2) is 0 Å². The lowest BCUT2D eigenvalue weighted by molar-refractivity contribution is 0.103. The van der Waals surface area contributed by atoms with Crippen LogP contribution in [0.15, 0.2) is 36.5 Å². The summed E-state index contributed by atoms with van der Waals surface area (Å²) >= 11 is 5.75. The third-order valence-electron chi connectivity index (χ3n) is 2.12. The van der Waals surface area contributed by atoms with Gasteiger partial charge >= 0.3 is 0 Å². The average molecular weight is 233 g/mol. The third-order valence-corrected chi connectivity index (χ3v) is 2.37. The molecule has 2 aromatic rings. The fourth-order valence-corrected chi connectivity index (χ4v) is 1.46. The van der Waals surface area contributed by atoms with Crippen molar-refractivity contribution in [1.82, 2.24) is 9.97 Å². The SMILES string of the molecule is Cc1nccc(C(=O)c2ccc(Cl)cc2)n1. The minimum Gasteiger partial charge on any atom is -0.287 e. The number of benzene rings is 1. The Morgan fingerprint density at radius 1 is 1.19 bits per heavy atom. The highest BCUT2D eigenvalue weighted by Gasteiger charge is 2.10. The van der Waals surface area contributed by atoms with Gasteiger partial charge in [-0.05, 0) is 37.3 Å². The maximum Gasteiger partial charge on any atom is 0.211 e. The van der Waals surface area contributed by atoms with Crippen molar-refractivity contribution in [2.75, 3.05) is 0 Å². The van der Waals surface area contributed by atoms with Crippen molar-refractivity contribution in [2.45, 2.75) is 6.92 Å². The van der Waals surface area contributed by atoms with E-state index in [9.17, 15) is 4.79 Å². The normalized spacial score (nSPS) is 10.1. The molecule has 0 aliphatic carbocycles. The molecule has 0 amide bonds. The Balaban J connectivity index is 2.35. The van der Waals surface area contributed by atoms with E-state index >= 15 is 0 Å². The van der Waals surface area contributed by atoms with Gasteiger partial charge in [-0.1, -0.05) is 11.6 Å². The van der Waals surface area contributed by atoms with Crippen molar-refractivity contribution in [2.24, 2.45) is 0 Å². The van der Waals surface area contributed by atoms with Gasteiger partial charge in [0.2, 0.25) is 5.78 Å². The van der Waals surface area contributed by atoms with Gasteiger partial charge in [-0.15, -0.1) is 0 Å². The summed E-state index contributed by atoms with van der Waals surface area (Å²) in [6.07, 6.45) is 1.57. The molecule has 0 aliphatic rings. The number of aromatic nitrogens is 2. The minimum atomic E-state index is -0.123. The first-order chi connectivity index (χ1) is 7.66. The molecule has 0 aliphatic heterocycles. The molecule has 0 fully saturated rings. The Bertz CT molecular complexity index is 523. The fourth-order valence-electron chi connectivity index (χ4n) is 1.33. The molecular formula is C12H9ClN2O. The first-order valence-corrected chi connectivity index (χ1v) is 5.14. The molecule has 1 heterocycles. The first-order valence-electron chi connectivity index (χ1n) is 4.77. The van der Waals surface area contributed by atoms with Crippen molar-refractivity contribution < 1.29 is 4.79 Å². The minimum absolute atomic E-state index is 0.123. The van der Waals surface area contributed by atoms with E-state index in [1.165, 1.54) is 0 Å². The van der Waals surface area contributed by atoms with Gasteiger partial charge in [0.25, 0.3) is 0 Å². The second kappa shape index (κ2) is 4.41. The van der Waals surface area contributed by atoms with Gasteiger partial charge in [0.05, 0.1) is 0 Å². The van der Waals surface area contributed by atoms with Crippen LogP contribution in [0.3, 0.4) is 0 Å². The molecule has 4 heteroatoms. The van der Waals surface area contributed by atoms with Crippen LogP contribution in [0.25, 0.3) is 0 Å². The number of rotatable bonds is 2. The number of nitrogens with zero attached hydrogens (tertiary/aromatic N) is 2. The van der Waals surface area contributed by atoms with E-state index in [4.69, 9.17) is 11.6 Å². The summed E-state index contributed by atoms with van der Waals surface area (Å²) in [7, 11) is 0. The smallest absolute Gasteiger partial charge is 0.211 e. The van der Waals surface area contributed by atoms with Crippen molar-refractivity contribution in [3.63, 3.8) is 0 Å². The fraction of sp³-hybridized carbons (Fsp3) is 0.0833. The van der Waals surface area contributed by atoms with Gasteiger partial charge in [0, 0.05) is 16.8 Å². The molecule has 1 aromatic carbocycles. The average Bonchev–Trinajstić information content (AvgIpc) is 2.29. The molecular weight excluding hydrogens is 224 g/mol. The Kier molecular flexibility index (Phi) is 2.97. The molecule has 0 atom stereocenters. The molecule has 80 valence electrons. The maximum absolute atomic E-state index is 12.0. The summed E-state index contributed by atoms with van der Waals surface area (Å²) in [4.78, 5) is 20.0. The Morgan fingerprint density at radius 2 is 1.88 bits per heavy atom. The van der Waals surface area contributed by atoms with Crippen LogP contribution in [-0.4, -0.2) is 15.8 Å². The van der Waals surface area contributed by atoms with Crippen LogP contribution in [0, 0.1) is 6.92 Å². The third kappa shape index (κ3) is 2.25. The van der Waals surface area contributed by atoms with Gasteiger partial charge in [0.1, 0.15) is 11.5 Å². The van der Waals surface area contributed by atoms with Crippen molar-refractivity contribution >= 4 is 17.4 Å². The van der Waals surface area contributed by atoms with Crippen LogP contribution < -0.4 is 0 Å². The second-order valence-corrected chi connectivity index (χ2v) is 3.76. The highest BCUT2D eigenvalue weighted by atomic mass is 35.5. The number of aryl methyl sites for hydroxylation is 1. The van der Waals surface area contributed by atoms with Crippen LogP contribution in [0.1, 0.15) is 21.9 Å². The predicted octanol–water partition coefficient (Wildman–Crippen LogP) is 2.67. The highest BCUT2D eigenvalue weighted by Crippen LogP contribution is 2.12. The van der Waals surface area contributed by atoms with Crippen molar-refractivity contribution in [3.05, 3.63) is 58.6 Å².